The molecule has 15 heavy (non-hydrogen) atoms. The van der Waals surface area contributed by atoms with E-state index in [1.807, 2.05) is 0 Å². The molecular formula is C12H22N2O. The van der Waals surface area contributed by atoms with Crippen LogP contribution in [0, 0.1) is 5.92 Å². The lowest BCUT2D eigenvalue weighted by atomic mass is 10.0. The number of rotatable bonds is 2. The lowest BCUT2D eigenvalue weighted by Crippen LogP contribution is -2.50. The summed E-state index contributed by atoms with van der Waals surface area (Å²) >= 11 is 0. The molecule has 1 amide bonds. The number of amides is 1. The zero-order chi connectivity index (χ0) is 10.7. The first-order chi connectivity index (χ1) is 7.27. The third-order valence-electron chi connectivity index (χ3n) is 3.82. The molecule has 2 rings (SSSR count). The fraction of sp³-hybridized carbons (Fsp3) is 0.917. The zero-order valence-electron chi connectivity index (χ0n) is 9.59. The van der Waals surface area contributed by atoms with Crippen LogP contribution in [0.25, 0.3) is 0 Å². The maximum absolute atomic E-state index is 11.9. The summed E-state index contributed by atoms with van der Waals surface area (Å²) in [6, 6.07) is 0.507. The normalized spacial score (nSPS) is 36.5. The second-order valence-corrected chi connectivity index (χ2v) is 5.03. The molecule has 0 radical (unpaired) electrons. The molecule has 2 aliphatic rings. The van der Waals surface area contributed by atoms with E-state index in [2.05, 4.69) is 17.6 Å². The number of hydrogen-bond donors (Lipinski definition) is 2. The van der Waals surface area contributed by atoms with Crippen LogP contribution in [-0.2, 0) is 4.79 Å². The van der Waals surface area contributed by atoms with Gasteiger partial charge in [0.15, 0.2) is 0 Å². The molecule has 0 bridgehead atoms. The quantitative estimate of drug-likeness (QED) is 0.724. The number of carbonyl (C=O) groups excluding carboxylic acids is 1. The Morgan fingerprint density at radius 2 is 2.07 bits per heavy atom. The van der Waals surface area contributed by atoms with Crippen molar-refractivity contribution in [3.05, 3.63) is 0 Å². The largest absolute Gasteiger partial charge is 0.352 e. The first kappa shape index (κ1) is 10.9. The third-order valence-corrected chi connectivity index (χ3v) is 3.82. The van der Waals surface area contributed by atoms with E-state index < -0.39 is 0 Å². The lowest BCUT2D eigenvalue weighted by Gasteiger charge is -2.25. The molecule has 3 unspecified atom stereocenters. The van der Waals surface area contributed by atoms with Gasteiger partial charge in [-0.25, -0.2) is 0 Å². The molecule has 3 nitrogen and oxygen atoms in total. The average molecular weight is 210 g/mol. The molecule has 3 atom stereocenters. The van der Waals surface area contributed by atoms with Crippen LogP contribution in [0.4, 0.5) is 0 Å². The summed E-state index contributed by atoms with van der Waals surface area (Å²) in [5.41, 5.74) is 0. The van der Waals surface area contributed by atoms with Crippen molar-refractivity contribution in [2.45, 2.75) is 57.5 Å². The smallest absolute Gasteiger partial charge is 0.237 e. The van der Waals surface area contributed by atoms with Gasteiger partial charge in [-0.15, -0.1) is 0 Å². The van der Waals surface area contributed by atoms with E-state index in [-0.39, 0.29) is 11.9 Å². The molecule has 86 valence electrons. The van der Waals surface area contributed by atoms with Crippen LogP contribution in [0.15, 0.2) is 0 Å². The number of piperidine rings is 1. The molecule has 2 N–H and O–H groups in total. The Balaban J connectivity index is 1.80. The molecule has 1 saturated heterocycles. The summed E-state index contributed by atoms with van der Waals surface area (Å²) in [5, 5.41) is 6.49. The molecule has 1 aliphatic heterocycles. The van der Waals surface area contributed by atoms with Gasteiger partial charge < -0.3 is 10.6 Å². The summed E-state index contributed by atoms with van der Waals surface area (Å²) in [4.78, 5) is 11.9. The number of carbonyl (C=O) groups is 1. The molecule has 0 aromatic carbocycles. The summed E-state index contributed by atoms with van der Waals surface area (Å²) in [6.07, 6.45) is 7.11. The molecular weight excluding hydrogens is 188 g/mol. The van der Waals surface area contributed by atoms with Gasteiger partial charge in [0.1, 0.15) is 0 Å². The molecule has 3 heteroatoms. The van der Waals surface area contributed by atoms with Crippen molar-refractivity contribution in [3.8, 4) is 0 Å². The van der Waals surface area contributed by atoms with Crippen LogP contribution in [0.1, 0.15) is 45.4 Å². The van der Waals surface area contributed by atoms with E-state index in [4.69, 9.17) is 0 Å². The van der Waals surface area contributed by atoms with Crippen molar-refractivity contribution < 1.29 is 4.79 Å². The fourth-order valence-electron chi connectivity index (χ4n) is 2.72. The van der Waals surface area contributed by atoms with Crippen LogP contribution < -0.4 is 10.6 Å². The van der Waals surface area contributed by atoms with Crippen LogP contribution in [-0.4, -0.2) is 24.5 Å². The number of hydrogen-bond acceptors (Lipinski definition) is 2. The predicted molar refractivity (Wildman–Crippen MR) is 60.6 cm³/mol. The Hall–Kier alpha value is -0.570. The summed E-state index contributed by atoms with van der Waals surface area (Å²) in [5.74, 6) is 0.894. The Morgan fingerprint density at radius 1 is 1.20 bits per heavy atom. The van der Waals surface area contributed by atoms with Gasteiger partial charge in [-0.05, 0) is 38.1 Å². The summed E-state index contributed by atoms with van der Waals surface area (Å²) in [6.45, 7) is 3.24. The van der Waals surface area contributed by atoms with Crippen LogP contribution in [0.3, 0.4) is 0 Å². The van der Waals surface area contributed by atoms with E-state index >= 15 is 0 Å². The summed E-state index contributed by atoms with van der Waals surface area (Å²) < 4.78 is 0. The van der Waals surface area contributed by atoms with Crippen LogP contribution in [0.5, 0.6) is 0 Å². The topological polar surface area (TPSA) is 41.1 Å². The van der Waals surface area contributed by atoms with Gasteiger partial charge in [0.25, 0.3) is 0 Å². The molecule has 0 aromatic rings. The number of nitrogens with one attached hydrogen (secondary N) is 2. The van der Waals surface area contributed by atoms with Gasteiger partial charge in [0.2, 0.25) is 5.91 Å². The third kappa shape index (κ3) is 2.71. The van der Waals surface area contributed by atoms with E-state index in [1.165, 1.54) is 32.1 Å². The Bertz CT molecular complexity index is 224. The molecule has 1 heterocycles. The molecule has 2 fully saturated rings. The average Bonchev–Trinajstić information content (AvgIpc) is 2.66. The van der Waals surface area contributed by atoms with Crippen molar-refractivity contribution in [3.63, 3.8) is 0 Å². The highest BCUT2D eigenvalue weighted by Gasteiger charge is 2.28. The molecule has 1 aliphatic carbocycles. The Kier molecular flexibility index (Phi) is 3.62. The molecule has 1 saturated carbocycles. The van der Waals surface area contributed by atoms with Gasteiger partial charge in [0.05, 0.1) is 6.04 Å². The second-order valence-electron chi connectivity index (χ2n) is 5.03. The van der Waals surface area contributed by atoms with E-state index in [9.17, 15) is 4.79 Å². The van der Waals surface area contributed by atoms with Crippen molar-refractivity contribution in [1.29, 1.82) is 0 Å². The zero-order valence-corrected chi connectivity index (χ0v) is 9.59. The highest BCUT2D eigenvalue weighted by Crippen LogP contribution is 2.25. The van der Waals surface area contributed by atoms with Crippen molar-refractivity contribution in [2.75, 3.05) is 6.54 Å². The Labute approximate surface area is 92.0 Å². The maximum atomic E-state index is 11.9. The van der Waals surface area contributed by atoms with E-state index in [1.54, 1.807) is 0 Å². The highest BCUT2D eigenvalue weighted by molar-refractivity contribution is 5.82. The second kappa shape index (κ2) is 4.97. The standard InChI is InChI=1S/C12H22N2O/c1-9-5-4-7-10(9)14-12(15)11-6-2-3-8-13-11/h9-11,13H,2-8H2,1H3,(H,14,15). The van der Waals surface area contributed by atoms with Crippen molar-refractivity contribution in [2.24, 2.45) is 5.92 Å². The van der Waals surface area contributed by atoms with Crippen molar-refractivity contribution >= 4 is 5.91 Å². The SMILES string of the molecule is CC1CCCC1NC(=O)C1CCCCN1. The molecule has 0 spiro atoms. The van der Waals surface area contributed by atoms with Crippen molar-refractivity contribution in [1.82, 2.24) is 10.6 Å². The van der Waals surface area contributed by atoms with Gasteiger partial charge in [0, 0.05) is 6.04 Å². The minimum atomic E-state index is 0.0755. The minimum absolute atomic E-state index is 0.0755. The Morgan fingerprint density at radius 3 is 2.67 bits per heavy atom. The first-order valence-corrected chi connectivity index (χ1v) is 6.31. The lowest BCUT2D eigenvalue weighted by molar-refractivity contribution is -0.124. The predicted octanol–water partition coefficient (Wildman–Crippen LogP) is 1.43. The summed E-state index contributed by atoms with van der Waals surface area (Å²) in [7, 11) is 0. The van der Waals surface area contributed by atoms with Crippen LogP contribution >= 0.6 is 0 Å². The highest BCUT2D eigenvalue weighted by atomic mass is 16.2. The van der Waals surface area contributed by atoms with Crippen LogP contribution in [0.2, 0.25) is 0 Å². The molecule has 0 aromatic heterocycles. The van der Waals surface area contributed by atoms with E-state index in [0.29, 0.717) is 12.0 Å². The van der Waals surface area contributed by atoms with Gasteiger partial charge in [-0.3, -0.25) is 4.79 Å². The van der Waals surface area contributed by atoms with Gasteiger partial charge >= 0.3 is 0 Å². The fourth-order valence-corrected chi connectivity index (χ4v) is 2.72. The van der Waals surface area contributed by atoms with Gasteiger partial charge in [-0.1, -0.05) is 19.8 Å². The van der Waals surface area contributed by atoms with Gasteiger partial charge in [-0.2, -0.15) is 0 Å². The minimum Gasteiger partial charge on any atom is -0.352 e. The maximum Gasteiger partial charge on any atom is 0.237 e. The monoisotopic (exact) mass is 210 g/mol. The first-order valence-electron chi connectivity index (χ1n) is 6.31. The van der Waals surface area contributed by atoms with E-state index in [0.717, 1.165) is 13.0 Å².